The average Bonchev–Trinajstić information content (AvgIpc) is 2.03. The summed E-state index contributed by atoms with van der Waals surface area (Å²) >= 11 is 0. The number of hydrogen-bond acceptors (Lipinski definition) is 2. The fourth-order valence-electron chi connectivity index (χ4n) is 1.94. The Morgan fingerprint density at radius 1 is 1.62 bits per heavy atom. The highest BCUT2D eigenvalue weighted by Gasteiger charge is 2.15. The quantitative estimate of drug-likeness (QED) is 0.723. The van der Waals surface area contributed by atoms with Gasteiger partial charge in [0, 0.05) is 13.0 Å². The van der Waals surface area contributed by atoms with Gasteiger partial charge in [-0.3, -0.25) is 4.79 Å². The zero-order chi connectivity index (χ0) is 9.68. The van der Waals surface area contributed by atoms with Gasteiger partial charge in [-0.2, -0.15) is 0 Å². The Bertz CT molecular complexity index is 170. The molecule has 13 heavy (non-hydrogen) atoms. The smallest absolute Gasteiger partial charge is 0.303 e. The van der Waals surface area contributed by atoms with Gasteiger partial charge < -0.3 is 10.0 Å². The third-order valence-corrected chi connectivity index (χ3v) is 2.61. The van der Waals surface area contributed by atoms with Crippen LogP contribution in [0.15, 0.2) is 0 Å². The first-order valence-corrected chi connectivity index (χ1v) is 5.12. The molecule has 1 aliphatic heterocycles. The summed E-state index contributed by atoms with van der Waals surface area (Å²) in [6.45, 7) is 5.53. The lowest BCUT2D eigenvalue weighted by Gasteiger charge is -2.30. The van der Waals surface area contributed by atoms with Gasteiger partial charge in [0.2, 0.25) is 0 Å². The van der Waals surface area contributed by atoms with Gasteiger partial charge in [-0.05, 0) is 38.3 Å². The van der Waals surface area contributed by atoms with E-state index in [2.05, 4.69) is 11.8 Å². The maximum absolute atomic E-state index is 10.3. The molecule has 0 radical (unpaired) electrons. The van der Waals surface area contributed by atoms with E-state index in [-0.39, 0.29) is 0 Å². The molecular formula is C10H19NO2. The standard InChI is InChI=1S/C10H19NO2/c1-9-4-2-6-11(8-9)7-3-5-10(12)13/h9H,2-8H2,1H3,(H,12,13). The van der Waals surface area contributed by atoms with Gasteiger partial charge in [-0.15, -0.1) is 0 Å². The molecular weight excluding hydrogens is 166 g/mol. The number of nitrogens with zero attached hydrogens (tertiary/aromatic N) is 1. The molecule has 1 atom stereocenters. The van der Waals surface area contributed by atoms with E-state index in [0.29, 0.717) is 6.42 Å². The lowest BCUT2D eigenvalue weighted by atomic mass is 10.0. The highest BCUT2D eigenvalue weighted by Crippen LogP contribution is 2.15. The van der Waals surface area contributed by atoms with E-state index in [1.165, 1.54) is 12.8 Å². The summed E-state index contributed by atoms with van der Waals surface area (Å²) in [5.41, 5.74) is 0. The van der Waals surface area contributed by atoms with Gasteiger partial charge in [0.25, 0.3) is 0 Å². The Kier molecular flexibility index (Phi) is 4.22. The summed E-state index contributed by atoms with van der Waals surface area (Å²) in [7, 11) is 0. The molecule has 1 heterocycles. The van der Waals surface area contributed by atoms with Crippen molar-refractivity contribution in [3.05, 3.63) is 0 Å². The molecule has 0 saturated carbocycles. The maximum Gasteiger partial charge on any atom is 0.303 e. The first-order chi connectivity index (χ1) is 6.18. The van der Waals surface area contributed by atoms with Crippen LogP contribution in [0.25, 0.3) is 0 Å². The van der Waals surface area contributed by atoms with E-state index in [4.69, 9.17) is 5.11 Å². The molecule has 76 valence electrons. The van der Waals surface area contributed by atoms with E-state index < -0.39 is 5.97 Å². The van der Waals surface area contributed by atoms with Crippen molar-refractivity contribution < 1.29 is 9.90 Å². The molecule has 3 heteroatoms. The van der Waals surface area contributed by atoms with Crippen molar-refractivity contribution in [3.63, 3.8) is 0 Å². The molecule has 0 bridgehead atoms. The van der Waals surface area contributed by atoms with Crippen LogP contribution in [-0.2, 0) is 4.79 Å². The molecule has 1 unspecified atom stereocenters. The number of carboxylic acids is 1. The summed E-state index contributed by atoms with van der Waals surface area (Å²) < 4.78 is 0. The highest BCUT2D eigenvalue weighted by molar-refractivity contribution is 5.66. The molecule has 1 N–H and O–H groups in total. The molecule has 0 spiro atoms. The average molecular weight is 185 g/mol. The Balaban J connectivity index is 2.10. The van der Waals surface area contributed by atoms with Gasteiger partial charge in [0.05, 0.1) is 0 Å². The van der Waals surface area contributed by atoms with Crippen LogP contribution in [-0.4, -0.2) is 35.6 Å². The van der Waals surface area contributed by atoms with Crippen LogP contribution in [0.3, 0.4) is 0 Å². The molecule has 0 aromatic heterocycles. The lowest BCUT2D eigenvalue weighted by molar-refractivity contribution is -0.137. The number of hydrogen-bond donors (Lipinski definition) is 1. The fraction of sp³-hybridized carbons (Fsp3) is 0.900. The van der Waals surface area contributed by atoms with E-state index in [1.807, 2.05) is 0 Å². The SMILES string of the molecule is CC1CCCN(CCCC(=O)O)C1. The van der Waals surface area contributed by atoms with Gasteiger partial charge in [-0.25, -0.2) is 0 Å². The minimum Gasteiger partial charge on any atom is -0.481 e. The van der Waals surface area contributed by atoms with Crippen LogP contribution >= 0.6 is 0 Å². The Morgan fingerprint density at radius 2 is 2.38 bits per heavy atom. The second kappa shape index (κ2) is 5.22. The predicted octanol–water partition coefficient (Wildman–Crippen LogP) is 1.58. The monoisotopic (exact) mass is 185 g/mol. The van der Waals surface area contributed by atoms with E-state index in [1.54, 1.807) is 0 Å². The molecule has 0 aromatic rings. The molecule has 1 aliphatic rings. The minimum absolute atomic E-state index is 0.310. The number of piperidine rings is 1. The lowest BCUT2D eigenvalue weighted by Crippen LogP contribution is -2.35. The predicted molar refractivity (Wildman–Crippen MR) is 51.7 cm³/mol. The summed E-state index contributed by atoms with van der Waals surface area (Å²) in [6, 6.07) is 0. The van der Waals surface area contributed by atoms with Gasteiger partial charge in [-0.1, -0.05) is 6.92 Å². The van der Waals surface area contributed by atoms with Crippen molar-refractivity contribution in [1.29, 1.82) is 0 Å². The number of likely N-dealkylation sites (tertiary alicyclic amines) is 1. The van der Waals surface area contributed by atoms with Crippen molar-refractivity contribution >= 4 is 5.97 Å². The van der Waals surface area contributed by atoms with Crippen molar-refractivity contribution in [2.24, 2.45) is 5.92 Å². The number of carboxylic acid groups (broad SMARTS) is 1. The zero-order valence-electron chi connectivity index (χ0n) is 8.33. The first-order valence-electron chi connectivity index (χ1n) is 5.12. The van der Waals surface area contributed by atoms with Crippen LogP contribution in [0.2, 0.25) is 0 Å². The number of rotatable bonds is 4. The van der Waals surface area contributed by atoms with E-state index >= 15 is 0 Å². The third kappa shape index (κ3) is 4.27. The summed E-state index contributed by atoms with van der Waals surface area (Å²) in [5.74, 6) is 0.114. The first kappa shape index (κ1) is 10.5. The molecule has 1 fully saturated rings. The summed E-state index contributed by atoms with van der Waals surface area (Å²) in [4.78, 5) is 12.7. The second-order valence-electron chi connectivity index (χ2n) is 4.05. The van der Waals surface area contributed by atoms with Gasteiger partial charge in [0.15, 0.2) is 0 Å². The molecule has 0 amide bonds. The zero-order valence-corrected chi connectivity index (χ0v) is 8.33. The Morgan fingerprint density at radius 3 is 3.00 bits per heavy atom. The molecule has 0 aliphatic carbocycles. The van der Waals surface area contributed by atoms with Crippen LogP contribution in [0.5, 0.6) is 0 Å². The summed E-state index contributed by atoms with van der Waals surface area (Å²) in [5, 5.41) is 8.48. The van der Waals surface area contributed by atoms with E-state index in [0.717, 1.165) is 32.0 Å². The highest BCUT2D eigenvalue weighted by atomic mass is 16.4. The van der Waals surface area contributed by atoms with Crippen molar-refractivity contribution in [2.75, 3.05) is 19.6 Å². The van der Waals surface area contributed by atoms with Crippen LogP contribution in [0.4, 0.5) is 0 Å². The Labute approximate surface area is 79.7 Å². The van der Waals surface area contributed by atoms with Crippen LogP contribution < -0.4 is 0 Å². The van der Waals surface area contributed by atoms with Crippen molar-refractivity contribution in [1.82, 2.24) is 4.90 Å². The third-order valence-electron chi connectivity index (χ3n) is 2.61. The number of aliphatic carboxylic acids is 1. The second-order valence-corrected chi connectivity index (χ2v) is 4.05. The van der Waals surface area contributed by atoms with E-state index in [9.17, 15) is 4.79 Å². The van der Waals surface area contributed by atoms with Crippen molar-refractivity contribution in [3.8, 4) is 0 Å². The normalized spacial score (nSPS) is 24.5. The minimum atomic E-state index is -0.676. The van der Waals surface area contributed by atoms with Crippen LogP contribution in [0, 0.1) is 5.92 Å². The topological polar surface area (TPSA) is 40.5 Å². The van der Waals surface area contributed by atoms with Crippen LogP contribution in [0.1, 0.15) is 32.6 Å². The molecule has 3 nitrogen and oxygen atoms in total. The number of carbonyl (C=O) groups is 1. The molecule has 0 aromatic carbocycles. The molecule has 1 rings (SSSR count). The maximum atomic E-state index is 10.3. The van der Waals surface area contributed by atoms with Crippen molar-refractivity contribution in [2.45, 2.75) is 32.6 Å². The summed E-state index contributed by atoms with van der Waals surface area (Å²) in [6.07, 6.45) is 3.70. The molecule has 1 saturated heterocycles. The van der Waals surface area contributed by atoms with Gasteiger partial charge >= 0.3 is 5.97 Å². The Hall–Kier alpha value is -0.570. The largest absolute Gasteiger partial charge is 0.481 e. The van der Waals surface area contributed by atoms with Gasteiger partial charge in [0.1, 0.15) is 0 Å². The fourth-order valence-corrected chi connectivity index (χ4v) is 1.94.